The van der Waals surface area contributed by atoms with Crippen molar-refractivity contribution in [3.8, 4) is 0 Å². The van der Waals surface area contributed by atoms with Gasteiger partial charge in [-0.05, 0) is 24.3 Å². The van der Waals surface area contributed by atoms with Crippen LogP contribution in [0.3, 0.4) is 0 Å². The average Bonchev–Trinajstić information content (AvgIpc) is 2.80. The van der Waals surface area contributed by atoms with Gasteiger partial charge in [-0.3, -0.25) is 4.21 Å². The smallest absolute Gasteiger partial charge is 0.338 e. The molecular formula is C12H8F2O4S. The van der Waals surface area contributed by atoms with Crippen LogP contribution in [0.15, 0.2) is 39.8 Å². The fourth-order valence-electron chi connectivity index (χ4n) is 1.43. The van der Waals surface area contributed by atoms with Gasteiger partial charge in [0.2, 0.25) is 0 Å². The molecule has 0 radical (unpaired) electrons. The van der Waals surface area contributed by atoms with Crippen LogP contribution in [0.25, 0.3) is 0 Å². The van der Waals surface area contributed by atoms with Crippen molar-refractivity contribution in [1.29, 1.82) is 0 Å². The maximum atomic E-state index is 13.4. The van der Waals surface area contributed by atoms with E-state index in [1.165, 1.54) is 6.07 Å². The van der Waals surface area contributed by atoms with Gasteiger partial charge in [0.15, 0.2) is 0 Å². The molecule has 0 saturated heterocycles. The SMILES string of the molecule is O=C(O)c1coc(CS(=O)c2cc(F)ccc2F)c1. The Bertz CT molecular complexity index is 651. The Kier molecular flexibility index (Phi) is 3.75. The molecule has 19 heavy (non-hydrogen) atoms. The van der Waals surface area contributed by atoms with Crippen molar-refractivity contribution < 1.29 is 27.3 Å². The van der Waals surface area contributed by atoms with Crippen LogP contribution in [0.4, 0.5) is 8.78 Å². The quantitative estimate of drug-likeness (QED) is 0.938. The summed E-state index contributed by atoms with van der Waals surface area (Å²) in [6, 6.07) is 3.84. The van der Waals surface area contributed by atoms with E-state index in [0.29, 0.717) is 0 Å². The molecule has 0 aliphatic heterocycles. The third kappa shape index (κ3) is 3.05. The fourth-order valence-corrected chi connectivity index (χ4v) is 2.52. The largest absolute Gasteiger partial charge is 0.478 e. The molecule has 1 aromatic carbocycles. The van der Waals surface area contributed by atoms with E-state index in [0.717, 1.165) is 24.5 Å². The lowest BCUT2D eigenvalue weighted by Gasteiger charge is -2.02. The van der Waals surface area contributed by atoms with Crippen LogP contribution in [-0.4, -0.2) is 15.3 Å². The lowest BCUT2D eigenvalue weighted by molar-refractivity contribution is 0.0696. The predicted octanol–water partition coefficient (Wildman–Crippen LogP) is 2.56. The molecular weight excluding hydrogens is 278 g/mol. The van der Waals surface area contributed by atoms with Crippen LogP contribution >= 0.6 is 0 Å². The van der Waals surface area contributed by atoms with Gasteiger partial charge in [0.25, 0.3) is 0 Å². The van der Waals surface area contributed by atoms with Gasteiger partial charge >= 0.3 is 5.97 Å². The summed E-state index contributed by atoms with van der Waals surface area (Å²) < 4.78 is 43.1. The normalized spacial score (nSPS) is 12.3. The minimum absolute atomic E-state index is 0.0910. The van der Waals surface area contributed by atoms with Gasteiger partial charge in [-0.2, -0.15) is 0 Å². The van der Waals surface area contributed by atoms with E-state index in [9.17, 15) is 17.8 Å². The zero-order valence-corrected chi connectivity index (χ0v) is 10.2. The van der Waals surface area contributed by atoms with E-state index >= 15 is 0 Å². The molecule has 0 amide bonds. The number of carboxylic acid groups (broad SMARTS) is 1. The number of carboxylic acids is 1. The highest BCUT2D eigenvalue weighted by Crippen LogP contribution is 2.18. The Morgan fingerprint density at radius 3 is 2.68 bits per heavy atom. The summed E-state index contributed by atoms with van der Waals surface area (Å²) in [5.41, 5.74) is -0.0910. The van der Waals surface area contributed by atoms with E-state index in [1.54, 1.807) is 0 Å². The predicted molar refractivity (Wildman–Crippen MR) is 62.1 cm³/mol. The number of aromatic carboxylic acids is 1. The standard InChI is InChI=1S/C12H8F2O4S/c13-8-1-2-10(14)11(4-8)19(17)6-9-3-7(5-18-9)12(15)16/h1-5H,6H2,(H,15,16). The Morgan fingerprint density at radius 2 is 2.05 bits per heavy atom. The Labute approximate surface area is 109 Å². The monoisotopic (exact) mass is 286 g/mol. The van der Waals surface area contributed by atoms with Crippen molar-refractivity contribution >= 4 is 16.8 Å². The highest BCUT2D eigenvalue weighted by molar-refractivity contribution is 7.84. The number of hydrogen-bond donors (Lipinski definition) is 1. The van der Waals surface area contributed by atoms with E-state index in [2.05, 4.69) is 0 Å². The second kappa shape index (κ2) is 5.31. The van der Waals surface area contributed by atoms with E-state index in [1.807, 2.05) is 0 Å². The van der Waals surface area contributed by atoms with E-state index in [4.69, 9.17) is 9.52 Å². The Hall–Kier alpha value is -2.02. The zero-order chi connectivity index (χ0) is 14.0. The van der Waals surface area contributed by atoms with Crippen LogP contribution in [-0.2, 0) is 16.6 Å². The molecule has 0 aliphatic carbocycles. The first-order valence-corrected chi connectivity index (χ1v) is 6.43. The summed E-state index contributed by atoms with van der Waals surface area (Å²) in [5, 5.41) is 8.68. The summed E-state index contributed by atoms with van der Waals surface area (Å²) in [7, 11) is -1.86. The third-order valence-electron chi connectivity index (χ3n) is 2.31. The number of hydrogen-bond acceptors (Lipinski definition) is 3. The number of benzene rings is 1. The molecule has 2 aromatic rings. The summed E-state index contributed by atoms with van der Waals surface area (Å²) in [6.07, 6.45) is 0.997. The average molecular weight is 286 g/mol. The molecule has 1 N–H and O–H groups in total. The van der Waals surface area contributed by atoms with Crippen LogP contribution in [0.1, 0.15) is 16.1 Å². The summed E-state index contributed by atoms with van der Waals surface area (Å²) >= 11 is 0. The number of carbonyl (C=O) groups is 1. The lowest BCUT2D eigenvalue weighted by Crippen LogP contribution is -1.99. The number of furan rings is 1. The molecule has 2 rings (SSSR count). The Balaban J connectivity index is 2.20. The fraction of sp³-hybridized carbons (Fsp3) is 0.0833. The second-order valence-corrected chi connectivity index (χ2v) is 5.09. The summed E-state index contributed by atoms with van der Waals surface area (Å²) in [5.74, 6) is -2.77. The molecule has 0 saturated carbocycles. The molecule has 1 heterocycles. The lowest BCUT2D eigenvalue weighted by atomic mass is 10.3. The van der Waals surface area contributed by atoms with Crippen molar-refractivity contribution in [2.75, 3.05) is 0 Å². The van der Waals surface area contributed by atoms with E-state index < -0.39 is 28.4 Å². The van der Waals surface area contributed by atoms with Gasteiger partial charge in [-0.15, -0.1) is 0 Å². The van der Waals surface area contributed by atoms with Crippen molar-refractivity contribution in [2.24, 2.45) is 0 Å². The maximum absolute atomic E-state index is 13.4. The molecule has 0 spiro atoms. The molecule has 0 aliphatic rings. The molecule has 1 atom stereocenters. The van der Waals surface area contributed by atoms with Gasteiger partial charge in [0.05, 0.1) is 27.0 Å². The van der Waals surface area contributed by atoms with Crippen molar-refractivity contribution in [3.63, 3.8) is 0 Å². The van der Waals surface area contributed by atoms with Gasteiger partial charge in [0, 0.05) is 0 Å². The van der Waals surface area contributed by atoms with Crippen LogP contribution in [0.5, 0.6) is 0 Å². The minimum atomic E-state index is -1.86. The highest BCUT2D eigenvalue weighted by Gasteiger charge is 2.15. The van der Waals surface area contributed by atoms with E-state index in [-0.39, 0.29) is 22.0 Å². The third-order valence-corrected chi connectivity index (χ3v) is 3.66. The summed E-state index contributed by atoms with van der Waals surface area (Å²) in [4.78, 5) is 10.3. The van der Waals surface area contributed by atoms with Crippen LogP contribution < -0.4 is 0 Å². The molecule has 1 aromatic heterocycles. The first-order chi connectivity index (χ1) is 8.97. The molecule has 100 valence electrons. The molecule has 1 unspecified atom stereocenters. The van der Waals surface area contributed by atoms with Crippen LogP contribution in [0.2, 0.25) is 0 Å². The zero-order valence-electron chi connectivity index (χ0n) is 9.43. The van der Waals surface area contributed by atoms with Crippen molar-refractivity contribution in [1.82, 2.24) is 0 Å². The molecule has 4 nitrogen and oxygen atoms in total. The molecule has 7 heteroatoms. The maximum Gasteiger partial charge on any atom is 0.338 e. The van der Waals surface area contributed by atoms with Crippen molar-refractivity contribution in [2.45, 2.75) is 10.6 Å². The van der Waals surface area contributed by atoms with Crippen LogP contribution in [0, 0.1) is 11.6 Å². The topological polar surface area (TPSA) is 67.5 Å². The Morgan fingerprint density at radius 1 is 1.32 bits per heavy atom. The van der Waals surface area contributed by atoms with Crippen molar-refractivity contribution in [3.05, 3.63) is 53.5 Å². The second-order valence-electron chi connectivity index (χ2n) is 3.67. The van der Waals surface area contributed by atoms with Gasteiger partial charge in [0.1, 0.15) is 23.7 Å². The summed E-state index contributed by atoms with van der Waals surface area (Å²) in [6.45, 7) is 0. The molecule has 0 bridgehead atoms. The van der Waals surface area contributed by atoms with Gasteiger partial charge < -0.3 is 9.52 Å². The number of rotatable bonds is 4. The first kappa shape index (κ1) is 13.4. The van der Waals surface area contributed by atoms with Gasteiger partial charge in [-0.25, -0.2) is 13.6 Å². The van der Waals surface area contributed by atoms with Gasteiger partial charge in [-0.1, -0.05) is 0 Å². The first-order valence-electron chi connectivity index (χ1n) is 5.11. The minimum Gasteiger partial charge on any atom is -0.478 e. The number of halogens is 2. The highest BCUT2D eigenvalue weighted by atomic mass is 32.2. The molecule has 0 fully saturated rings.